The van der Waals surface area contributed by atoms with Crippen LogP contribution >= 0.6 is 0 Å². The van der Waals surface area contributed by atoms with Gasteiger partial charge in [-0.3, -0.25) is 4.18 Å². The Hall–Kier alpha value is -2.55. The summed E-state index contributed by atoms with van der Waals surface area (Å²) in [6.45, 7) is 7.40. The van der Waals surface area contributed by atoms with Gasteiger partial charge in [0.1, 0.15) is 6.10 Å². The van der Waals surface area contributed by atoms with E-state index in [-0.39, 0.29) is 17.6 Å². The summed E-state index contributed by atoms with van der Waals surface area (Å²) in [5, 5.41) is 9.21. The topological polar surface area (TPSA) is 82.1 Å². The molecule has 3 aromatic rings. The molecule has 0 aromatic heterocycles. The molecule has 3 rings (SSSR count). The van der Waals surface area contributed by atoms with Crippen LogP contribution < -0.4 is 0 Å². The van der Waals surface area contributed by atoms with Crippen LogP contribution in [0.1, 0.15) is 43.4 Å². The molecule has 0 unspecified atom stereocenters. The molecule has 0 aliphatic heterocycles. The Morgan fingerprint density at radius 2 is 1.22 bits per heavy atom. The molecule has 0 fully saturated rings. The predicted molar refractivity (Wildman–Crippen MR) is 142 cm³/mol. The molecule has 0 aliphatic rings. The highest BCUT2D eigenvalue weighted by molar-refractivity contribution is 7.86. The van der Waals surface area contributed by atoms with Crippen LogP contribution in [0.25, 0.3) is 0 Å². The van der Waals surface area contributed by atoms with Crippen LogP contribution in [0.15, 0.2) is 89.8 Å². The number of aryl methyl sites for hydroxylation is 1. The summed E-state index contributed by atoms with van der Waals surface area (Å²) >= 11 is 0. The van der Waals surface area contributed by atoms with E-state index in [4.69, 9.17) is 13.7 Å². The van der Waals surface area contributed by atoms with E-state index in [1.54, 1.807) is 24.3 Å². The molecular weight excluding hydrogens is 476 g/mol. The Kier molecular flexibility index (Phi) is 13.4. The lowest BCUT2D eigenvalue weighted by molar-refractivity contribution is 0.0269. The maximum atomic E-state index is 12.3. The Labute approximate surface area is 216 Å². The molecule has 0 bridgehead atoms. The summed E-state index contributed by atoms with van der Waals surface area (Å²) in [7, 11) is -3.76. The van der Waals surface area contributed by atoms with E-state index in [1.165, 1.54) is 0 Å². The molecule has 1 N–H and O–H groups in total. The first-order valence-corrected chi connectivity index (χ1v) is 13.7. The standard InChI is InChI=1S/C18H22O4S.C11H16O2/c1-3-17(14-21-13-16-7-5-4-6-8-16)22-23(19,20)18-11-9-15(2)10-12-18;1-2-11(12)9-13-8-10-6-4-3-5-7-10/h4-12,17H,3,13-14H2,1-2H3;3-7,11-12H,2,8-9H2,1H3/t17-;11-/m11/s1. The van der Waals surface area contributed by atoms with Gasteiger partial charge in [-0.25, -0.2) is 0 Å². The second-order valence-electron chi connectivity index (χ2n) is 8.46. The van der Waals surface area contributed by atoms with Gasteiger partial charge >= 0.3 is 0 Å². The van der Waals surface area contributed by atoms with Gasteiger partial charge in [0.25, 0.3) is 10.1 Å². The fourth-order valence-electron chi connectivity index (χ4n) is 3.04. The lowest BCUT2D eigenvalue weighted by atomic mass is 10.2. The van der Waals surface area contributed by atoms with Gasteiger partial charge in [-0.15, -0.1) is 0 Å². The number of ether oxygens (including phenoxy) is 2. The third-order valence-corrected chi connectivity index (χ3v) is 6.71. The molecule has 2 atom stereocenters. The summed E-state index contributed by atoms with van der Waals surface area (Å²) in [5.74, 6) is 0. The molecule has 0 amide bonds. The smallest absolute Gasteiger partial charge is 0.297 e. The molecule has 0 saturated heterocycles. The van der Waals surface area contributed by atoms with E-state index < -0.39 is 16.2 Å². The molecule has 6 nitrogen and oxygen atoms in total. The van der Waals surface area contributed by atoms with Gasteiger partial charge in [0, 0.05) is 0 Å². The molecular formula is C29H38O6S. The van der Waals surface area contributed by atoms with E-state index in [9.17, 15) is 13.5 Å². The van der Waals surface area contributed by atoms with Crippen molar-refractivity contribution < 1.29 is 27.2 Å². The van der Waals surface area contributed by atoms with Crippen LogP contribution in [0.2, 0.25) is 0 Å². The average molecular weight is 515 g/mol. The number of hydrogen-bond donors (Lipinski definition) is 1. The fraction of sp³-hybridized carbons (Fsp3) is 0.379. The van der Waals surface area contributed by atoms with Crippen molar-refractivity contribution in [3.63, 3.8) is 0 Å². The molecule has 36 heavy (non-hydrogen) atoms. The highest BCUT2D eigenvalue weighted by Gasteiger charge is 2.21. The van der Waals surface area contributed by atoms with Crippen LogP contribution in [-0.4, -0.2) is 38.9 Å². The van der Waals surface area contributed by atoms with Crippen molar-refractivity contribution in [2.75, 3.05) is 13.2 Å². The van der Waals surface area contributed by atoms with Crippen molar-refractivity contribution in [2.45, 2.75) is 63.9 Å². The summed E-state index contributed by atoms with van der Waals surface area (Å²) in [6.07, 6.45) is 0.475. The Morgan fingerprint density at radius 1 is 0.722 bits per heavy atom. The lowest BCUT2D eigenvalue weighted by Crippen LogP contribution is -2.23. The Balaban J connectivity index is 0.000000297. The van der Waals surface area contributed by atoms with E-state index in [0.29, 0.717) is 26.2 Å². The Bertz CT molecular complexity index is 1070. The fourth-order valence-corrected chi connectivity index (χ4v) is 4.17. The second-order valence-corrected chi connectivity index (χ2v) is 10.0. The molecule has 0 aliphatic carbocycles. The van der Waals surface area contributed by atoms with Crippen molar-refractivity contribution in [3.05, 3.63) is 102 Å². The normalized spacial score (nSPS) is 12.9. The Morgan fingerprint density at radius 3 is 1.69 bits per heavy atom. The van der Waals surface area contributed by atoms with Crippen molar-refractivity contribution >= 4 is 10.1 Å². The van der Waals surface area contributed by atoms with Crippen molar-refractivity contribution in [2.24, 2.45) is 0 Å². The zero-order valence-electron chi connectivity index (χ0n) is 21.4. The van der Waals surface area contributed by atoms with Crippen molar-refractivity contribution in [1.29, 1.82) is 0 Å². The van der Waals surface area contributed by atoms with Crippen molar-refractivity contribution in [3.8, 4) is 0 Å². The van der Waals surface area contributed by atoms with E-state index in [1.807, 2.05) is 81.4 Å². The number of aliphatic hydroxyl groups is 1. The molecule has 0 heterocycles. The second kappa shape index (κ2) is 16.2. The average Bonchev–Trinajstić information content (AvgIpc) is 2.90. The largest absolute Gasteiger partial charge is 0.391 e. The first kappa shape index (κ1) is 29.7. The van der Waals surface area contributed by atoms with Gasteiger partial charge in [-0.1, -0.05) is 92.2 Å². The highest BCUT2D eigenvalue weighted by Crippen LogP contribution is 2.17. The van der Waals surface area contributed by atoms with Gasteiger partial charge in [-0.05, 0) is 43.0 Å². The first-order valence-electron chi connectivity index (χ1n) is 12.2. The van der Waals surface area contributed by atoms with Gasteiger partial charge in [-0.2, -0.15) is 8.42 Å². The summed E-state index contributed by atoms with van der Waals surface area (Å²) < 4.78 is 40.7. The third-order valence-electron chi connectivity index (χ3n) is 5.34. The molecule has 196 valence electrons. The number of rotatable bonds is 13. The quantitative estimate of drug-likeness (QED) is 0.296. The van der Waals surface area contributed by atoms with Gasteiger partial charge in [0.2, 0.25) is 0 Å². The SMILES string of the molecule is CC[C@@H](O)COCc1ccccc1.CC[C@H](COCc1ccccc1)OS(=O)(=O)c1ccc(C)cc1. The molecule has 0 radical (unpaired) electrons. The molecule has 7 heteroatoms. The lowest BCUT2D eigenvalue weighted by Gasteiger charge is -2.16. The van der Waals surface area contributed by atoms with E-state index in [2.05, 4.69) is 0 Å². The van der Waals surface area contributed by atoms with Gasteiger partial charge in [0.15, 0.2) is 0 Å². The van der Waals surface area contributed by atoms with E-state index in [0.717, 1.165) is 23.1 Å². The first-order chi connectivity index (χ1) is 17.3. The highest BCUT2D eigenvalue weighted by atomic mass is 32.2. The van der Waals surface area contributed by atoms with Crippen LogP contribution in [0.4, 0.5) is 0 Å². The van der Waals surface area contributed by atoms with E-state index >= 15 is 0 Å². The zero-order chi connectivity index (χ0) is 26.2. The zero-order valence-corrected chi connectivity index (χ0v) is 22.2. The molecule has 0 saturated carbocycles. The van der Waals surface area contributed by atoms with Crippen LogP contribution in [0.5, 0.6) is 0 Å². The minimum atomic E-state index is -3.76. The monoisotopic (exact) mass is 514 g/mol. The van der Waals surface area contributed by atoms with Crippen LogP contribution in [0, 0.1) is 6.92 Å². The van der Waals surface area contributed by atoms with Gasteiger partial charge < -0.3 is 14.6 Å². The number of aliphatic hydroxyl groups excluding tert-OH is 1. The predicted octanol–water partition coefficient (Wildman–Crippen LogP) is 5.67. The van der Waals surface area contributed by atoms with Crippen molar-refractivity contribution in [1.82, 2.24) is 0 Å². The summed E-state index contributed by atoms with van der Waals surface area (Å²) in [6, 6.07) is 26.3. The summed E-state index contributed by atoms with van der Waals surface area (Å²) in [5.41, 5.74) is 3.19. The summed E-state index contributed by atoms with van der Waals surface area (Å²) in [4.78, 5) is 0.171. The minimum absolute atomic E-state index is 0.171. The number of hydrogen-bond acceptors (Lipinski definition) is 6. The van der Waals surface area contributed by atoms with Crippen LogP contribution in [-0.2, 0) is 37.0 Å². The maximum Gasteiger partial charge on any atom is 0.297 e. The maximum absolute atomic E-state index is 12.3. The van der Waals surface area contributed by atoms with Gasteiger partial charge in [0.05, 0.1) is 37.4 Å². The third kappa shape index (κ3) is 11.5. The number of benzene rings is 3. The molecule has 3 aromatic carbocycles. The van der Waals surface area contributed by atoms with Crippen LogP contribution in [0.3, 0.4) is 0 Å². The molecule has 0 spiro atoms. The minimum Gasteiger partial charge on any atom is -0.391 e.